The van der Waals surface area contributed by atoms with Crippen LogP contribution < -0.4 is 5.43 Å². The standard InChI is InChI=1S/C31H19ClO3/c32-26-13-7-6-12-23(26)29(33)25-17-20(16-19-8-2-1-3-9-19)18-27-28(25)30(34)24-15-14-21-10-4-5-11-22(21)31(24)35-27/h1-15,17-18H,16H2. The minimum atomic E-state index is -0.303. The van der Waals surface area contributed by atoms with E-state index >= 15 is 0 Å². The highest BCUT2D eigenvalue weighted by Gasteiger charge is 2.21. The first-order valence-corrected chi connectivity index (χ1v) is 11.7. The van der Waals surface area contributed by atoms with E-state index < -0.39 is 0 Å². The van der Waals surface area contributed by atoms with Gasteiger partial charge in [0.1, 0.15) is 11.2 Å². The molecule has 0 bridgehead atoms. The minimum Gasteiger partial charge on any atom is -0.455 e. The second-order valence-corrected chi connectivity index (χ2v) is 8.99. The Morgan fingerprint density at radius 2 is 1.46 bits per heavy atom. The number of carbonyl (C=O) groups is 1. The Hall–Kier alpha value is -4.21. The van der Waals surface area contributed by atoms with Crippen molar-refractivity contribution >= 4 is 50.1 Å². The highest BCUT2D eigenvalue weighted by atomic mass is 35.5. The lowest BCUT2D eigenvalue weighted by Crippen LogP contribution is -2.11. The van der Waals surface area contributed by atoms with Crippen LogP contribution >= 0.6 is 11.6 Å². The molecule has 168 valence electrons. The Bertz CT molecular complexity index is 1820. The van der Waals surface area contributed by atoms with Crippen molar-refractivity contribution in [3.63, 3.8) is 0 Å². The average Bonchev–Trinajstić information content (AvgIpc) is 2.89. The molecule has 3 nitrogen and oxygen atoms in total. The molecule has 6 aromatic rings. The molecule has 0 saturated heterocycles. The van der Waals surface area contributed by atoms with Crippen molar-refractivity contribution in [1.29, 1.82) is 0 Å². The van der Waals surface area contributed by atoms with Gasteiger partial charge in [0.2, 0.25) is 5.43 Å². The molecule has 0 unspecified atom stereocenters. The minimum absolute atomic E-state index is 0.228. The highest BCUT2D eigenvalue weighted by Crippen LogP contribution is 2.31. The molecule has 0 aliphatic carbocycles. The van der Waals surface area contributed by atoms with Crippen LogP contribution in [0.2, 0.25) is 5.02 Å². The average molecular weight is 475 g/mol. The van der Waals surface area contributed by atoms with E-state index in [4.69, 9.17) is 16.0 Å². The van der Waals surface area contributed by atoms with E-state index in [0.29, 0.717) is 39.1 Å². The maximum absolute atomic E-state index is 13.8. The van der Waals surface area contributed by atoms with Gasteiger partial charge in [-0.2, -0.15) is 0 Å². The van der Waals surface area contributed by atoms with E-state index in [1.807, 2.05) is 66.7 Å². The Kier molecular flexibility index (Phi) is 5.20. The lowest BCUT2D eigenvalue weighted by atomic mass is 9.93. The van der Waals surface area contributed by atoms with Gasteiger partial charge in [-0.1, -0.05) is 84.4 Å². The summed E-state index contributed by atoms with van der Waals surface area (Å²) in [7, 11) is 0. The van der Waals surface area contributed by atoms with Crippen LogP contribution in [0.5, 0.6) is 0 Å². The molecule has 5 aromatic carbocycles. The van der Waals surface area contributed by atoms with Crippen molar-refractivity contribution in [2.24, 2.45) is 0 Å². The van der Waals surface area contributed by atoms with Crippen LogP contribution in [0.15, 0.2) is 112 Å². The Morgan fingerprint density at radius 3 is 2.29 bits per heavy atom. The van der Waals surface area contributed by atoms with Gasteiger partial charge in [0.25, 0.3) is 0 Å². The summed E-state index contributed by atoms with van der Waals surface area (Å²) in [6.07, 6.45) is 0.594. The third-order valence-corrected chi connectivity index (χ3v) is 6.67. The fourth-order valence-corrected chi connectivity index (χ4v) is 4.89. The number of fused-ring (bicyclic) bond motifs is 4. The summed E-state index contributed by atoms with van der Waals surface area (Å²) in [5.41, 5.74) is 3.30. The van der Waals surface area contributed by atoms with E-state index in [9.17, 15) is 9.59 Å². The van der Waals surface area contributed by atoms with Crippen molar-refractivity contribution in [3.8, 4) is 0 Å². The number of benzene rings is 5. The number of carbonyl (C=O) groups excluding carboxylic acids is 1. The van der Waals surface area contributed by atoms with Gasteiger partial charge in [-0.15, -0.1) is 0 Å². The number of hydrogen-bond acceptors (Lipinski definition) is 3. The summed E-state index contributed by atoms with van der Waals surface area (Å²) in [6.45, 7) is 0. The third-order valence-electron chi connectivity index (χ3n) is 6.34. The summed E-state index contributed by atoms with van der Waals surface area (Å²) in [4.78, 5) is 27.5. The first kappa shape index (κ1) is 21.3. The van der Waals surface area contributed by atoms with Gasteiger partial charge < -0.3 is 4.42 Å². The van der Waals surface area contributed by atoms with Gasteiger partial charge in [0, 0.05) is 16.5 Å². The number of halogens is 1. The van der Waals surface area contributed by atoms with Crippen LogP contribution in [0.1, 0.15) is 27.0 Å². The SMILES string of the molecule is O=C(c1ccccc1Cl)c1cc(Cc2ccccc2)cc2oc3c(ccc4ccccc43)c(=O)c12. The molecule has 0 fully saturated rings. The van der Waals surface area contributed by atoms with Gasteiger partial charge in [0.15, 0.2) is 5.78 Å². The van der Waals surface area contributed by atoms with Crippen LogP contribution in [-0.4, -0.2) is 5.78 Å². The van der Waals surface area contributed by atoms with Crippen LogP contribution in [0.4, 0.5) is 0 Å². The zero-order valence-electron chi connectivity index (χ0n) is 18.6. The van der Waals surface area contributed by atoms with Crippen LogP contribution in [0.25, 0.3) is 32.7 Å². The maximum atomic E-state index is 13.8. The molecular weight excluding hydrogens is 456 g/mol. The molecule has 0 spiro atoms. The second kappa shape index (κ2) is 8.53. The predicted octanol–water partition coefficient (Wildman–Crippen LogP) is 7.57. The number of ketones is 1. The monoisotopic (exact) mass is 474 g/mol. The zero-order valence-corrected chi connectivity index (χ0v) is 19.4. The first-order chi connectivity index (χ1) is 17.1. The normalized spacial score (nSPS) is 11.3. The zero-order chi connectivity index (χ0) is 23.9. The van der Waals surface area contributed by atoms with Gasteiger partial charge in [0.05, 0.1) is 15.8 Å². The predicted molar refractivity (Wildman–Crippen MR) is 142 cm³/mol. The maximum Gasteiger partial charge on any atom is 0.201 e. The third kappa shape index (κ3) is 3.71. The highest BCUT2D eigenvalue weighted by molar-refractivity contribution is 6.35. The van der Waals surface area contributed by atoms with E-state index in [-0.39, 0.29) is 16.6 Å². The smallest absolute Gasteiger partial charge is 0.201 e. The second-order valence-electron chi connectivity index (χ2n) is 8.58. The molecule has 0 atom stereocenters. The van der Waals surface area contributed by atoms with Gasteiger partial charge in [-0.05, 0) is 53.3 Å². The molecule has 6 rings (SSSR count). The largest absolute Gasteiger partial charge is 0.455 e. The lowest BCUT2D eigenvalue weighted by Gasteiger charge is -2.12. The summed E-state index contributed by atoms with van der Waals surface area (Å²) in [5, 5.41) is 2.90. The molecule has 0 aliphatic heterocycles. The molecule has 0 aliphatic rings. The quantitative estimate of drug-likeness (QED) is 0.150. The van der Waals surface area contributed by atoms with Crippen molar-refractivity contribution in [3.05, 3.63) is 141 Å². The van der Waals surface area contributed by atoms with Gasteiger partial charge in [-0.3, -0.25) is 9.59 Å². The Balaban J connectivity index is 1.68. The van der Waals surface area contributed by atoms with Crippen molar-refractivity contribution in [2.75, 3.05) is 0 Å². The van der Waals surface area contributed by atoms with Gasteiger partial charge in [-0.25, -0.2) is 0 Å². The fraction of sp³-hybridized carbons (Fsp3) is 0.0323. The number of hydrogen-bond donors (Lipinski definition) is 0. The molecule has 1 aromatic heterocycles. The first-order valence-electron chi connectivity index (χ1n) is 11.3. The molecule has 0 saturated carbocycles. The number of rotatable bonds is 4. The molecule has 4 heteroatoms. The molecular formula is C31H19ClO3. The molecule has 0 radical (unpaired) electrons. The summed E-state index contributed by atoms with van der Waals surface area (Å²) in [5.74, 6) is -0.303. The van der Waals surface area contributed by atoms with Crippen LogP contribution in [0.3, 0.4) is 0 Å². The van der Waals surface area contributed by atoms with E-state index in [1.165, 1.54) is 0 Å². The van der Waals surface area contributed by atoms with Crippen LogP contribution in [0, 0.1) is 0 Å². The van der Waals surface area contributed by atoms with E-state index in [1.54, 1.807) is 36.4 Å². The van der Waals surface area contributed by atoms with E-state index in [2.05, 4.69) is 0 Å². The van der Waals surface area contributed by atoms with Crippen LogP contribution in [-0.2, 0) is 6.42 Å². The lowest BCUT2D eigenvalue weighted by molar-refractivity contribution is 0.104. The summed E-state index contributed by atoms with van der Waals surface area (Å²) >= 11 is 6.37. The molecule has 0 N–H and O–H groups in total. The van der Waals surface area contributed by atoms with Crippen molar-refractivity contribution in [1.82, 2.24) is 0 Å². The van der Waals surface area contributed by atoms with Crippen molar-refractivity contribution in [2.45, 2.75) is 6.42 Å². The van der Waals surface area contributed by atoms with Crippen molar-refractivity contribution < 1.29 is 9.21 Å². The summed E-state index contributed by atoms with van der Waals surface area (Å²) in [6, 6.07) is 32.0. The molecule has 35 heavy (non-hydrogen) atoms. The topological polar surface area (TPSA) is 47.3 Å². The molecule has 1 heterocycles. The fourth-order valence-electron chi connectivity index (χ4n) is 4.67. The van der Waals surface area contributed by atoms with Gasteiger partial charge >= 0.3 is 0 Å². The Labute approximate surface area is 206 Å². The summed E-state index contributed by atoms with van der Waals surface area (Å²) < 4.78 is 6.39. The Morgan fingerprint density at radius 1 is 0.714 bits per heavy atom. The molecule has 0 amide bonds. The van der Waals surface area contributed by atoms with E-state index in [0.717, 1.165) is 21.9 Å².